The molecule has 0 spiro atoms. The molecule has 0 bridgehead atoms. The van der Waals surface area contributed by atoms with Crippen LogP contribution in [0.15, 0.2) is 18.2 Å². The number of rotatable bonds is 8. The zero-order valence-electron chi connectivity index (χ0n) is 13.1. The Morgan fingerprint density at radius 2 is 2.10 bits per heavy atom. The van der Waals surface area contributed by atoms with Gasteiger partial charge in [-0.25, -0.2) is 0 Å². The maximum Gasteiger partial charge on any atom is 0.122 e. The van der Waals surface area contributed by atoms with Crippen LogP contribution in [0.5, 0.6) is 5.75 Å². The Morgan fingerprint density at radius 3 is 2.85 bits per heavy atom. The van der Waals surface area contributed by atoms with Crippen molar-refractivity contribution in [3.05, 3.63) is 29.3 Å². The van der Waals surface area contributed by atoms with Crippen LogP contribution >= 0.6 is 0 Å². The minimum atomic E-state index is 0.549. The van der Waals surface area contributed by atoms with Crippen LogP contribution < -0.4 is 10.1 Å². The summed E-state index contributed by atoms with van der Waals surface area (Å²) < 4.78 is 5.54. The summed E-state index contributed by atoms with van der Waals surface area (Å²) in [5.41, 5.74) is 2.79. The minimum absolute atomic E-state index is 0.549. The molecule has 112 valence electrons. The third kappa shape index (κ3) is 4.22. The molecule has 0 aliphatic carbocycles. The van der Waals surface area contributed by atoms with E-state index in [4.69, 9.17) is 4.74 Å². The Labute approximate surface area is 123 Å². The lowest BCUT2D eigenvalue weighted by Gasteiger charge is -2.23. The van der Waals surface area contributed by atoms with Crippen molar-refractivity contribution >= 4 is 0 Å². The highest BCUT2D eigenvalue weighted by molar-refractivity contribution is 5.39. The molecule has 2 rings (SSSR count). The molecule has 1 aromatic carbocycles. The summed E-state index contributed by atoms with van der Waals surface area (Å²) in [7, 11) is 0. The van der Waals surface area contributed by atoms with Crippen molar-refractivity contribution in [3.63, 3.8) is 0 Å². The molecule has 0 saturated heterocycles. The average molecular weight is 276 g/mol. The monoisotopic (exact) mass is 276 g/mol. The van der Waals surface area contributed by atoms with Crippen LogP contribution in [0.3, 0.4) is 0 Å². The zero-order chi connectivity index (χ0) is 14.4. The van der Waals surface area contributed by atoms with Gasteiger partial charge in [0.05, 0.1) is 6.61 Å². The lowest BCUT2D eigenvalue weighted by Crippen LogP contribution is -2.39. The molecule has 0 saturated carbocycles. The maximum atomic E-state index is 5.54. The quantitative estimate of drug-likeness (QED) is 0.789. The zero-order valence-corrected chi connectivity index (χ0v) is 13.1. The molecule has 20 heavy (non-hydrogen) atoms. The summed E-state index contributed by atoms with van der Waals surface area (Å²) >= 11 is 0. The number of nitrogens with one attached hydrogen (secondary N) is 1. The number of ether oxygens (including phenoxy) is 1. The lowest BCUT2D eigenvalue weighted by molar-refractivity contribution is 0.272. The van der Waals surface area contributed by atoms with Crippen molar-refractivity contribution in [1.82, 2.24) is 10.2 Å². The second kappa shape index (κ2) is 7.65. The summed E-state index contributed by atoms with van der Waals surface area (Å²) in [5, 5.41) is 3.63. The van der Waals surface area contributed by atoms with Gasteiger partial charge < -0.3 is 15.0 Å². The van der Waals surface area contributed by atoms with Gasteiger partial charge in [-0.2, -0.15) is 0 Å². The van der Waals surface area contributed by atoms with E-state index in [2.05, 4.69) is 49.2 Å². The van der Waals surface area contributed by atoms with Crippen LogP contribution in [-0.2, 0) is 12.8 Å². The van der Waals surface area contributed by atoms with E-state index in [0.717, 1.165) is 51.4 Å². The second-order valence-corrected chi connectivity index (χ2v) is 5.63. The Morgan fingerprint density at radius 1 is 1.30 bits per heavy atom. The number of hydrogen-bond acceptors (Lipinski definition) is 3. The molecule has 1 aromatic rings. The third-order valence-corrected chi connectivity index (χ3v) is 4.09. The van der Waals surface area contributed by atoms with Crippen LogP contribution in [0.25, 0.3) is 0 Å². The molecule has 1 N–H and O–H groups in total. The van der Waals surface area contributed by atoms with Crippen LogP contribution in [0.1, 0.15) is 31.9 Å². The Bertz CT molecular complexity index is 415. The normalized spacial score (nSPS) is 15.2. The number of benzene rings is 1. The molecule has 3 heteroatoms. The third-order valence-electron chi connectivity index (χ3n) is 4.09. The molecular weight excluding hydrogens is 248 g/mol. The van der Waals surface area contributed by atoms with Crippen LogP contribution in [0.2, 0.25) is 0 Å². The average Bonchev–Trinajstić information content (AvgIpc) is 2.92. The van der Waals surface area contributed by atoms with Gasteiger partial charge in [-0.05, 0) is 50.2 Å². The fourth-order valence-electron chi connectivity index (χ4n) is 2.79. The Kier molecular flexibility index (Phi) is 5.86. The van der Waals surface area contributed by atoms with Gasteiger partial charge in [0.1, 0.15) is 5.75 Å². The molecule has 1 aliphatic rings. The largest absolute Gasteiger partial charge is 0.493 e. The van der Waals surface area contributed by atoms with Gasteiger partial charge >= 0.3 is 0 Å². The number of hydrogen-bond donors (Lipinski definition) is 1. The SMILES string of the molecule is CCN(CC)CC(C)NCCc1ccc2c(c1)CCO2. The smallest absolute Gasteiger partial charge is 0.122 e. The van der Waals surface area contributed by atoms with E-state index in [1.165, 1.54) is 11.1 Å². The van der Waals surface area contributed by atoms with Crippen molar-refractivity contribution in [2.75, 3.05) is 32.8 Å². The van der Waals surface area contributed by atoms with Gasteiger partial charge in [-0.3, -0.25) is 0 Å². The van der Waals surface area contributed by atoms with Crippen LogP contribution in [-0.4, -0.2) is 43.7 Å². The van der Waals surface area contributed by atoms with E-state index >= 15 is 0 Å². The van der Waals surface area contributed by atoms with Crippen LogP contribution in [0, 0.1) is 0 Å². The molecule has 1 unspecified atom stereocenters. The van der Waals surface area contributed by atoms with Crippen molar-refractivity contribution in [1.29, 1.82) is 0 Å². The number of likely N-dealkylation sites (N-methyl/N-ethyl adjacent to an activating group) is 1. The molecule has 0 fully saturated rings. The summed E-state index contributed by atoms with van der Waals surface area (Å²) in [5.74, 6) is 1.08. The fraction of sp³-hybridized carbons (Fsp3) is 0.647. The van der Waals surface area contributed by atoms with E-state index in [1.807, 2.05) is 0 Å². The lowest BCUT2D eigenvalue weighted by atomic mass is 10.1. The second-order valence-electron chi connectivity index (χ2n) is 5.63. The summed E-state index contributed by atoms with van der Waals surface area (Å²) in [6, 6.07) is 7.17. The summed E-state index contributed by atoms with van der Waals surface area (Å²) in [6.07, 6.45) is 2.16. The van der Waals surface area contributed by atoms with E-state index < -0.39 is 0 Å². The van der Waals surface area contributed by atoms with E-state index in [9.17, 15) is 0 Å². The molecule has 3 nitrogen and oxygen atoms in total. The van der Waals surface area contributed by atoms with Gasteiger partial charge in [0.2, 0.25) is 0 Å². The highest BCUT2D eigenvalue weighted by Crippen LogP contribution is 2.25. The standard InChI is InChI=1S/C17H28N2O/c1-4-19(5-2)13-14(3)18-10-8-15-6-7-17-16(12-15)9-11-20-17/h6-7,12,14,18H,4-5,8-11,13H2,1-3H3. The van der Waals surface area contributed by atoms with Gasteiger partial charge in [-0.1, -0.05) is 26.0 Å². The maximum absolute atomic E-state index is 5.54. The van der Waals surface area contributed by atoms with E-state index in [-0.39, 0.29) is 0 Å². The number of nitrogens with zero attached hydrogens (tertiary/aromatic N) is 1. The number of fused-ring (bicyclic) bond motifs is 1. The first-order valence-electron chi connectivity index (χ1n) is 7.93. The molecule has 1 heterocycles. The van der Waals surface area contributed by atoms with Gasteiger partial charge in [0.15, 0.2) is 0 Å². The van der Waals surface area contributed by atoms with E-state index in [1.54, 1.807) is 0 Å². The Balaban J connectivity index is 1.73. The molecule has 1 aliphatic heterocycles. The Hall–Kier alpha value is -1.06. The first-order chi connectivity index (χ1) is 9.72. The molecule has 1 atom stereocenters. The predicted molar refractivity (Wildman–Crippen MR) is 84.6 cm³/mol. The van der Waals surface area contributed by atoms with Gasteiger partial charge in [0.25, 0.3) is 0 Å². The van der Waals surface area contributed by atoms with Crippen molar-refractivity contribution in [3.8, 4) is 5.75 Å². The highest BCUT2D eigenvalue weighted by atomic mass is 16.5. The first-order valence-corrected chi connectivity index (χ1v) is 7.93. The predicted octanol–water partition coefficient (Wildman–Crippen LogP) is 2.48. The van der Waals surface area contributed by atoms with Crippen LogP contribution in [0.4, 0.5) is 0 Å². The molecule has 0 amide bonds. The fourth-order valence-corrected chi connectivity index (χ4v) is 2.79. The molecular formula is C17H28N2O. The topological polar surface area (TPSA) is 24.5 Å². The van der Waals surface area contributed by atoms with Gasteiger partial charge in [-0.15, -0.1) is 0 Å². The van der Waals surface area contributed by atoms with Crippen molar-refractivity contribution < 1.29 is 4.74 Å². The minimum Gasteiger partial charge on any atom is -0.493 e. The molecule has 0 aromatic heterocycles. The van der Waals surface area contributed by atoms with E-state index in [0.29, 0.717) is 6.04 Å². The summed E-state index contributed by atoms with van der Waals surface area (Å²) in [4.78, 5) is 2.46. The first kappa shape index (κ1) is 15.3. The van der Waals surface area contributed by atoms with Gasteiger partial charge in [0, 0.05) is 19.0 Å². The molecule has 0 radical (unpaired) electrons. The van der Waals surface area contributed by atoms with Crippen molar-refractivity contribution in [2.24, 2.45) is 0 Å². The highest BCUT2D eigenvalue weighted by Gasteiger charge is 2.12. The van der Waals surface area contributed by atoms with Crippen molar-refractivity contribution in [2.45, 2.75) is 39.7 Å². The summed E-state index contributed by atoms with van der Waals surface area (Å²) in [6.45, 7) is 12.0.